The van der Waals surface area contributed by atoms with E-state index in [-0.39, 0.29) is 5.69 Å². The van der Waals surface area contributed by atoms with E-state index in [0.29, 0.717) is 5.69 Å². The highest BCUT2D eigenvalue weighted by molar-refractivity contribution is 6.04. The molecule has 5 heteroatoms. The highest BCUT2D eigenvalue weighted by Gasteiger charge is 2.17. The predicted octanol–water partition coefficient (Wildman–Crippen LogP) is 3.67. The van der Waals surface area contributed by atoms with Crippen molar-refractivity contribution in [2.45, 2.75) is 19.8 Å². The first-order valence-electron chi connectivity index (χ1n) is 6.81. The molecular formula is C16H15N3O2. The number of hydrogen-bond acceptors (Lipinski definition) is 4. The molecule has 1 aliphatic carbocycles. The van der Waals surface area contributed by atoms with Crippen molar-refractivity contribution in [2.75, 3.05) is 5.43 Å². The van der Waals surface area contributed by atoms with Crippen molar-refractivity contribution in [3.8, 4) is 0 Å². The summed E-state index contributed by atoms with van der Waals surface area (Å²) in [4.78, 5) is 10.4. The van der Waals surface area contributed by atoms with E-state index < -0.39 is 4.92 Å². The Bertz CT molecular complexity index is 738. The second kappa shape index (κ2) is 5.36. The predicted molar refractivity (Wildman–Crippen MR) is 82.8 cm³/mol. The van der Waals surface area contributed by atoms with Crippen molar-refractivity contribution in [1.29, 1.82) is 0 Å². The minimum absolute atomic E-state index is 0.0649. The van der Waals surface area contributed by atoms with Gasteiger partial charge in [-0.15, -0.1) is 0 Å². The van der Waals surface area contributed by atoms with Crippen molar-refractivity contribution >= 4 is 17.1 Å². The molecule has 2 aromatic carbocycles. The van der Waals surface area contributed by atoms with Crippen LogP contribution in [-0.2, 0) is 6.42 Å². The van der Waals surface area contributed by atoms with Crippen LogP contribution in [0.25, 0.3) is 0 Å². The summed E-state index contributed by atoms with van der Waals surface area (Å²) in [5.74, 6) is 0. The van der Waals surface area contributed by atoms with Gasteiger partial charge in [-0.1, -0.05) is 30.3 Å². The third-order valence-electron chi connectivity index (χ3n) is 3.70. The van der Waals surface area contributed by atoms with E-state index in [1.807, 2.05) is 19.1 Å². The van der Waals surface area contributed by atoms with Crippen LogP contribution in [-0.4, -0.2) is 10.6 Å². The summed E-state index contributed by atoms with van der Waals surface area (Å²) in [7, 11) is 0. The number of nitro groups is 1. The number of hydrogen-bond donors (Lipinski definition) is 1. The Hall–Kier alpha value is -2.69. The summed E-state index contributed by atoms with van der Waals surface area (Å²) in [6.45, 7) is 1.90. The van der Waals surface area contributed by atoms with E-state index in [0.717, 1.165) is 29.7 Å². The van der Waals surface area contributed by atoms with E-state index in [2.05, 4.69) is 22.7 Å². The van der Waals surface area contributed by atoms with Gasteiger partial charge in [0.15, 0.2) is 0 Å². The molecule has 1 aliphatic rings. The number of benzene rings is 2. The lowest BCUT2D eigenvalue weighted by atomic mass is 10.1. The van der Waals surface area contributed by atoms with Crippen LogP contribution in [0.2, 0.25) is 0 Å². The van der Waals surface area contributed by atoms with E-state index in [4.69, 9.17) is 0 Å². The molecule has 21 heavy (non-hydrogen) atoms. The number of nitrogens with one attached hydrogen (secondary N) is 1. The smallest absolute Gasteiger partial charge is 0.271 e. The van der Waals surface area contributed by atoms with Crippen LogP contribution in [0.3, 0.4) is 0 Å². The summed E-state index contributed by atoms with van der Waals surface area (Å²) in [6, 6.07) is 12.9. The standard InChI is InChI=1S/C16H15N3O2/c1-11-6-8-13(19(20)21)10-16(11)18-17-15-9-7-12-4-2-3-5-14(12)15/h2-6,8,10,18H,7,9H2,1H3/b17-15-. The van der Waals surface area contributed by atoms with Crippen LogP contribution in [0.4, 0.5) is 11.4 Å². The maximum Gasteiger partial charge on any atom is 0.271 e. The Kier molecular flexibility index (Phi) is 3.39. The Balaban J connectivity index is 1.87. The lowest BCUT2D eigenvalue weighted by Crippen LogP contribution is -2.01. The van der Waals surface area contributed by atoms with Crippen LogP contribution in [0.1, 0.15) is 23.1 Å². The van der Waals surface area contributed by atoms with Gasteiger partial charge in [0.05, 0.1) is 16.3 Å². The van der Waals surface area contributed by atoms with Crippen LogP contribution in [0, 0.1) is 17.0 Å². The van der Waals surface area contributed by atoms with Gasteiger partial charge in [-0.25, -0.2) is 0 Å². The minimum atomic E-state index is -0.400. The first-order valence-corrected chi connectivity index (χ1v) is 6.81. The van der Waals surface area contributed by atoms with E-state index in [1.165, 1.54) is 17.7 Å². The summed E-state index contributed by atoms with van der Waals surface area (Å²) >= 11 is 0. The summed E-state index contributed by atoms with van der Waals surface area (Å²) in [5.41, 5.74) is 8.09. The molecule has 2 aromatic rings. The average molecular weight is 281 g/mol. The summed E-state index contributed by atoms with van der Waals surface area (Å²) in [6.07, 6.45) is 1.88. The van der Waals surface area contributed by atoms with Crippen LogP contribution in [0.5, 0.6) is 0 Å². The maximum atomic E-state index is 10.8. The molecule has 5 nitrogen and oxygen atoms in total. The Labute approximate surface area is 122 Å². The molecular weight excluding hydrogens is 266 g/mol. The molecule has 0 radical (unpaired) electrons. The van der Waals surface area contributed by atoms with E-state index >= 15 is 0 Å². The highest BCUT2D eigenvalue weighted by atomic mass is 16.6. The SMILES string of the molecule is Cc1ccc([N+](=O)[O-])cc1N/N=C1/CCc2ccccc21. The van der Waals surface area contributed by atoms with Crippen molar-refractivity contribution < 1.29 is 4.92 Å². The maximum absolute atomic E-state index is 10.8. The third-order valence-corrected chi connectivity index (χ3v) is 3.70. The molecule has 3 rings (SSSR count). The van der Waals surface area contributed by atoms with Crippen LogP contribution < -0.4 is 5.43 Å². The normalized spacial score (nSPS) is 15.0. The van der Waals surface area contributed by atoms with Gasteiger partial charge < -0.3 is 0 Å². The van der Waals surface area contributed by atoms with Gasteiger partial charge in [0.1, 0.15) is 0 Å². The molecule has 0 bridgehead atoms. The second-order valence-electron chi connectivity index (χ2n) is 5.08. The molecule has 0 aromatic heterocycles. The molecule has 0 spiro atoms. The van der Waals surface area contributed by atoms with Crippen LogP contribution >= 0.6 is 0 Å². The number of non-ortho nitro benzene ring substituents is 1. The molecule has 0 atom stereocenters. The zero-order chi connectivity index (χ0) is 14.8. The van der Waals surface area contributed by atoms with Gasteiger partial charge in [0, 0.05) is 17.7 Å². The minimum Gasteiger partial charge on any atom is -0.278 e. The number of anilines is 1. The number of nitrogens with zero attached hydrogens (tertiary/aromatic N) is 2. The monoisotopic (exact) mass is 281 g/mol. The summed E-state index contributed by atoms with van der Waals surface area (Å²) < 4.78 is 0. The number of nitro benzene ring substituents is 1. The molecule has 0 amide bonds. The fraction of sp³-hybridized carbons (Fsp3) is 0.188. The van der Waals surface area contributed by atoms with Crippen molar-refractivity contribution in [2.24, 2.45) is 5.10 Å². The Morgan fingerprint density at radius 2 is 2.00 bits per heavy atom. The molecule has 0 unspecified atom stereocenters. The molecule has 0 aliphatic heterocycles. The zero-order valence-corrected chi connectivity index (χ0v) is 11.7. The van der Waals surface area contributed by atoms with Gasteiger partial charge in [-0.05, 0) is 30.9 Å². The Morgan fingerprint density at radius 1 is 1.19 bits per heavy atom. The lowest BCUT2D eigenvalue weighted by molar-refractivity contribution is -0.384. The number of rotatable bonds is 3. The topological polar surface area (TPSA) is 67.5 Å². The van der Waals surface area contributed by atoms with E-state index in [9.17, 15) is 10.1 Å². The first-order chi connectivity index (χ1) is 10.1. The van der Waals surface area contributed by atoms with Crippen molar-refractivity contribution in [3.05, 3.63) is 69.3 Å². The van der Waals surface area contributed by atoms with Crippen LogP contribution in [0.15, 0.2) is 47.6 Å². The van der Waals surface area contributed by atoms with Crippen molar-refractivity contribution in [1.82, 2.24) is 0 Å². The fourth-order valence-electron chi connectivity index (χ4n) is 2.50. The van der Waals surface area contributed by atoms with Gasteiger partial charge in [0.25, 0.3) is 5.69 Å². The Morgan fingerprint density at radius 3 is 2.81 bits per heavy atom. The molecule has 0 saturated heterocycles. The molecule has 0 fully saturated rings. The fourth-order valence-corrected chi connectivity index (χ4v) is 2.50. The first kappa shape index (κ1) is 13.3. The largest absolute Gasteiger partial charge is 0.278 e. The zero-order valence-electron chi connectivity index (χ0n) is 11.7. The molecule has 106 valence electrons. The van der Waals surface area contributed by atoms with Gasteiger partial charge in [-0.3, -0.25) is 15.5 Å². The quantitative estimate of drug-likeness (QED) is 0.689. The third kappa shape index (κ3) is 2.63. The van der Waals surface area contributed by atoms with Crippen molar-refractivity contribution in [3.63, 3.8) is 0 Å². The van der Waals surface area contributed by atoms with Gasteiger partial charge >= 0.3 is 0 Å². The molecule has 0 saturated carbocycles. The number of hydrazone groups is 1. The average Bonchev–Trinajstić information content (AvgIpc) is 2.89. The van der Waals surface area contributed by atoms with E-state index in [1.54, 1.807) is 6.07 Å². The lowest BCUT2D eigenvalue weighted by Gasteiger charge is -2.06. The highest BCUT2D eigenvalue weighted by Crippen LogP contribution is 2.24. The summed E-state index contributed by atoms with van der Waals surface area (Å²) in [5, 5.41) is 15.3. The van der Waals surface area contributed by atoms with Gasteiger partial charge in [0.2, 0.25) is 0 Å². The number of aryl methyl sites for hydroxylation is 2. The molecule has 1 N–H and O–H groups in total. The molecule has 0 heterocycles. The number of fused-ring (bicyclic) bond motifs is 1. The second-order valence-corrected chi connectivity index (χ2v) is 5.08. The van der Waals surface area contributed by atoms with Gasteiger partial charge in [-0.2, -0.15) is 5.10 Å².